The molecule has 3 N–H and O–H groups in total. The Bertz CT molecular complexity index is 711. The molecule has 2 aromatic carbocycles. The number of benzene rings is 2. The Morgan fingerprint density at radius 2 is 2.00 bits per heavy atom. The van der Waals surface area contributed by atoms with Crippen LogP contribution in [-0.4, -0.2) is 10.8 Å². The van der Waals surface area contributed by atoms with Crippen molar-refractivity contribution in [3.63, 3.8) is 0 Å². The van der Waals surface area contributed by atoms with E-state index in [1.54, 1.807) is 13.0 Å². The van der Waals surface area contributed by atoms with Gasteiger partial charge in [0.25, 0.3) is 11.6 Å². The smallest absolute Gasteiger partial charge is 0.282 e. The third-order valence-corrected chi connectivity index (χ3v) is 2.76. The largest absolute Gasteiger partial charge is 0.399 e. The molecule has 0 aliphatic heterocycles. The van der Waals surface area contributed by atoms with Crippen LogP contribution in [0.25, 0.3) is 0 Å². The Morgan fingerprint density at radius 3 is 2.62 bits per heavy atom. The number of nitrogens with zero attached hydrogens (tertiary/aromatic N) is 1. The van der Waals surface area contributed by atoms with Gasteiger partial charge in [-0.05, 0) is 42.8 Å². The number of aryl methyl sites for hydroxylation is 1. The van der Waals surface area contributed by atoms with Crippen LogP contribution in [0.15, 0.2) is 36.4 Å². The first kappa shape index (κ1) is 14.4. The molecule has 0 saturated heterocycles. The molecule has 0 saturated carbocycles. The Balaban J connectivity index is 2.36. The van der Waals surface area contributed by atoms with E-state index >= 15 is 0 Å². The number of anilines is 2. The summed E-state index contributed by atoms with van der Waals surface area (Å²) in [7, 11) is 0. The highest BCUT2D eigenvalue weighted by molar-refractivity contribution is 6.07. The van der Waals surface area contributed by atoms with Gasteiger partial charge in [-0.3, -0.25) is 14.9 Å². The van der Waals surface area contributed by atoms with Gasteiger partial charge in [-0.25, -0.2) is 4.39 Å². The van der Waals surface area contributed by atoms with Gasteiger partial charge in [0.1, 0.15) is 11.4 Å². The predicted molar refractivity (Wildman–Crippen MR) is 76.6 cm³/mol. The number of nitrogen functional groups attached to an aromatic ring is 1. The zero-order valence-corrected chi connectivity index (χ0v) is 11.1. The summed E-state index contributed by atoms with van der Waals surface area (Å²) in [5.74, 6) is -1.23. The van der Waals surface area contributed by atoms with Crippen molar-refractivity contribution in [1.29, 1.82) is 0 Å². The number of hydrogen-bond donors (Lipinski definition) is 2. The van der Waals surface area contributed by atoms with Crippen LogP contribution in [0.1, 0.15) is 15.9 Å². The lowest BCUT2D eigenvalue weighted by atomic mass is 10.1. The molecule has 0 aliphatic carbocycles. The third-order valence-electron chi connectivity index (χ3n) is 2.76. The van der Waals surface area contributed by atoms with Gasteiger partial charge in [0.05, 0.1) is 4.92 Å². The normalized spacial score (nSPS) is 10.2. The summed E-state index contributed by atoms with van der Waals surface area (Å²) < 4.78 is 13.3. The van der Waals surface area contributed by atoms with Crippen LogP contribution in [-0.2, 0) is 0 Å². The van der Waals surface area contributed by atoms with E-state index in [1.807, 2.05) is 0 Å². The molecule has 1 amide bonds. The average molecular weight is 289 g/mol. The number of nitro groups is 1. The minimum absolute atomic E-state index is 0.179. The number of carbonyl (C=O) groups excluding carboxylic acids is 1. The molecule has 7 heteroatoms. The van der Waals surface area contributed by atoms with E-state index in [9.17, 15) is 19.3 Å². The Hall–Kier alpha value is -2.96. The minimum atomic E-state index is -0.723. The van der Waals surface area contributed by atoms with Crippen LogP contribution in [0.4, 0.5) is 21.5 Å². The Labute approximate surface area is 119 Å². The number of nitrogens with one attached hydrogen (secondary N) is 1. The number of nitro benzene ring substituents is 1. The highest BCUT2D eigenvalue weighted by Gasteiger charge is 2.20. The van der Waals surface area contributed by atoms with Crippen LogP contribution in [0.2, 0.25) is 0 Å². The van der Waals surface area contributed by atoms with Gasteiger partial charge >= 0.3 is 0 Å². The molecule has 0 bridgehead atoms. The van der Waals surface area contributed by atoms with Gasteiger partial charge in [-0.2, -0.15) is 0 Å². The maximum Gasteiger partial charge on any atom is 0.282 e. The van der Waals surface area contributed by atoms with Gasteiger partial charge in [-0.1, -0.05) is 0 Å². The minimum Gasteiger partial charge on any atom is -0.399 e. The molecular weight excluding hydrogens is 277 g/mol. The molecule has 0 aromatic heterocycles. The van der Waals surface area contributed by atoms with Gasteiger partial charge in [0, 0.05) is 17.4 Å². The first-order valence-corrected chi connectivity index (χ1v) is 5.99. The highest BCUT2D eigenvalue weighted by Crippen LogP contribution is 2.23. The predicted octanol–water partition coefficient (Wildman–Crippen LogP) is 2.88. The molecule has 0 fully saturated rings. The van der Waals surface area contributed by atoms with Crippen molar-refractivity contribution < 1.29 is 14.1 Å². The first-order valence-electron chi connectivity index (χ1n) is 5.99. The van der Waals surface area contributed by atoms with E-state index in [0.717, 1.165) is 12.1 Å². The van der Waals surface area contributed by atoms with E-state index < -0.39 is 16.6 Å². The molecule has 6 nitrogen and oxygen atoms in total. The number of nitrogens with two attached hydrogens (primary N) is 1. The summed E-state index contributed by atoms with van der Waals surface area (Å²) in [4.78, 5) is 22.4. The highest BCUT2D eigenvalue weighted by atomic mass is 19.1. The van der Waals surface area contributed by atoms with Crippen molar-refractivity contribution >= 4 is 23.0 Å². The average Bonchev–Trinajstić information content (AvgIpc) is 2.36. The third kappa shape index (κ3) is 3.33. The van der Waals surface area contributed by atoms with Crippen molar-refractivity contribution in [1.82, 2.24) is 0 Å². The summed E-state index contributed by atoms with van der Waals surface area (Å²) in [6.07, 6.45) is 0. The Kier molecular flexibility index (Phi) is 3.84. The van der Waals surface area contributed by atoms with Crippen molar-refractivity contribution in [3.05, 3.63) is 63.5 Å². The van der Waals surface area contributed by atoms with E-state index in [4.69, 9.17) is 5.73 Å². The van der Waals surface area contributed by atoms with Crippen molar-refractivity contribution in [2.24, 2.45) is 0 Å². The van der Waals surface area contributed by atoms with Crippen LogP contribution >= 0.6 is 0 Å². The summed E-state index contributed by atoms with van der Waals surface area (Å²) in [5, 5.41) is 13.3. The fraction of sp³-hybridized carbons (Fsp3) is 0.0714. The van der Waals surface area contributed by atoms with Crippen molar-refractivity contribution in [2.45, 2.75) is 6.92 Å². The fourth-order valence-corrected chi connectivity index (χ4v) is 1.90. The molecule has 0 aliphatic rings. The number of halogens is 1. The molecule has 0 heterocycles. The van der Waals surface area contributed by atoms with Crippen LogP contribution in [0.5, 0.6) is 0 Å². The van der Waals surface area contributed by atoms with Crippen LogP contribution in [0, 0.1) is 22.9 Å². The quantitative estimate of drug-likeness (QED) is 0.515. The summed E-state index contributed by atoms with van der Waals surface area (Å²) in [6, 6.07) is 7.68. The van der Waals surface area contributed by atoms with Crippen LogP contribution in [0.3, 0.4) is 0 Å². The second-order valence-electron chi connectivity index (χ2n) is 4.51. The molecular formula is C14H12FN3O3. The number of carbonyl (C=O) groups is 1. The van der Waals surface area contributed by atoms with Gasteiger partial charge in [0.2, 0.25) is 0 Å². The molecule has 108 valence electrons. The summed E-state index contributed by atoms with van der Waals surface area (Å²) >= 11 is 0. The summed E-state index contributed by atoms with van der Waals surface area (Å²) in [6.45, 7) is 1.67. The number of amides is 1. The molecule has 2 rings (SSSR count). The molecule has 0 unspecified atom stereocenters. The molecule has 0 spiro atoms. The van der Waals surface area contributed by atoms with E-state index in [0.29, 0.717) is 5.56 Å². The van der Waals surface area contributed by atoms with E-state index in [-0.39, 0.29) is 22.6 Å². The summed E-state index contributed by atoms with van der Waals surface area (Å²) in [5.41, 5.74) is 6.06. The maximum atomic E-state index is 13.3. The zero-order chi connectivity index (χ0) is 15.6. The second kappa shape index (κ2) is 5.58. The standard InChI is InChI=1S/C14H12FN3O3/c1-8-4-9(15)6-11(5-8)17-14(19)12-7-10(16)2-3-13(12)18(20)21/h2-7H,16H2,1H3,(H,17,19). The lowest BCUT2D eigenvalue weighted by molar-refractivity contribution is -0.385. The lowest BCUT2D eigenvalue weighted by Gasteiger charge is -2.07. The molecule has 0 atom stereocenters. The SMILES string of the molecule is Cc1cc(F)cc(NC(=O)c2cc(N)ccc2[N+](=O)[O-])c1. The molecule has 2 aromatic rings. The fourth-order valence-electron chi connectivity index (χ4n) is 1.90. The Morgan fingerprint density at radius 1 is 1.29 bits per heavy atom. The van der Waals surface area contributed by atoms with Crippen molar-refractivity contribution in [2.75, 3.05) is 11.1 Å². The molecule has 0 radical (unpaired) electrons. The van der Waals surface area contributed by atoms with E-state index in [1.165, 1.54) is 18.2 Å². The maximum absolute atomic E-state index is 13.3. The zero-order valence-electron chi connectivity index (χ0n) is 11.1. The monoisotopic (exact) mass is 289 g/mol. The topological polar surface area (TPSA) is 98.3 Å². The number of hydrogen-bond acceptors (Lipinski definition) is 4. The number of rotatable bonds is 3. The lowest BCUT2D eigenvalue weighted by Crippen LogP contribution is -2.14. The van der Waals surface area contributed by atoms with Gasteiger partial charge < -0.3 is 11.1 Å². The first-order chi connectivity index (χ1) is 9.86. The van der Waals surface area contributed by atoms with Crippen molar-refractivity contribution in [3.8, 4) is 0 Å². The van der Waals surface area contributed by atoms with Crippen LogP contribution < -0.4 is 11.1 Å². The van der Waals surface area contributed by atoms with Gasteiger partial charge in [-0.15, -0.1) is 0 Å². The van der Waals surface area contributed by atoms with Gasteiger partial charge in [0.15, 0.2) is 0 Å². The van der Waals surface area contributed by atoms with E-state index in [2.05, 4.69) is 5.32 Å². The molecule has 21 heavy (non-hydrogen) atoms. The second-order valence-corrected chi connectivity index (χ2v) is 4.51.